The quantitative estimate of drug-likeness (QED) is 0.759. The minimum atomic E-state index is -0.129. The summed E-state index contributed by atoms with van der Waals surface area (Å²) >= 11 is 0. The Hall–Kier alpha value is -1.62. The molecule has 0 radical (unpaired) electrons. The van der Waals surface area contributed by atoms with Crippen molar-refractivity contribution < 1.29 is 9.53 Å². The fourth-order valence-electron chi connectivity index (χ4n) is 1.30. The molecule has 0 bridgehead atoms. The molecule has 1 heterocycles. The number of nitrogens with one attached hydrogen (secondary N) is 1. The molecule has 5 heteroatoms. The van der Waals surface area contributed by atoms with Crippen LogP contribution in [-0.4, -0.2) is 24.0 Å². The maximum Gasteiger partial charge on any atom is 0.221 e. The van der Waals surface area contributed by atoms with E-state index < -0.39 is 0 Å². The van der Waals surface area contributed by atoms with Gasteiger partial charge in [-0.3, -0.25) is 4.79 Å². The van der Waals surface area contributed by atoms with Crippen LogP contribution < -0.4 is 15.8 Å². The van der Waals surface area contributed by atoms with E-state index in [0.29, 0.717) is 18.8 Å². The fraction of sp³-hybridized carbons (Fsp3) is 0.455. The Kier molecular flexibility index (Phi) is 4.72. The highest BCUT2D eigenvalue weighted by atomic mass is 16.5. The van der Waals surface area contributed by atoms with Crippen LogP contribution in [0.3, 0.4) is 0 Å². The number of rotatable bonds is 5. The van der Waals surface area contributed by atoms with E-state index in [4.69, 9.17) is 10.5 Å². The van der Waals surface area contributed by atoms with Crippen LogP contribution in [0.2, 0.25) is 0 Å². The van der Waals surface area contributed by atoms with Crippen molar-refractivity contribution in [1.29, 1.82) is 0 Å². The van der Waals surface area contributed by atoms with Crippen molar-refractivity contribution in [3.8, 4) is 5.88 Å². The molecule has 0 aliphatic rings. The standard InChI is InChI=1S/C11H17N3O2/c1-8(12)6-10(15)14-7-9-4-3-5-13-11(9)16-2/h3-5,8H,6-7,12H2,1-2H3,(H,14,15). The smallest absolute Gasteiger partial charge is 0.221 e. The lowest BCUT2D eigenvalue weighted by Crippen LogP contribution is -2.29. The Morgan fingerprint density at radius 2 is 2.44 bits per heavy atom. The van der Waals surface area contributed by atoms with Crippen LogP contribution in [-0.2, 0) is 11.3 Å². The zero-order valence-electron chi connectivity index (χ0n) is 9.56. The predicted octanol–water partition coefficient (Wildman–Crippen LogP) is 0.444. The van der Waals surface area contributed by atoms with Gasteiger partial charge < -0.3 is 15.8 Å². The molecule has 1 atom stereocenters. The van der Waals surface area contributed by atoms with Crippen molar-refractivity contribution >= 4 is 5.91 Å². The lowest BCUT2D eigenvalue weighted by atomic mass is 10.2. The van der Waals surface area contributed by atoms with E-state index in [1.165, 1.54) is 0 Å². The molecule has 0 spiro atoms. The van der Waals surface area contributed by atoms with E-state index in [2.05, 4.69) is 10.3 Å². The normalized spacial score (nSPS) is 11.9. The number of hydrogen-bond acceptors (Lipinski definition) is 4. The minimum Gasteiger partial charge on any atom is -0.481 e. The van der Waals surface area contributed by atoms with E-state index in [9.17, 15) is 4.79 Å². The summed E-state index contributed by atoms with van der Waals surface area (Å²) in [5, 5.41) is 2.77. The molecule has 0 aromatic carbocycles. The van der Waals surface area contributed by atoms with Crippen molar-refractivity contribution in [2.24, 2.45) is 5.73 Å². The van der Waals surface area contributed by atoms with Gasteiger partial charge in [0.25, 0.3) is 0 Å². The molecule has 0 aliphatic heterocycles. The molecular formula is C11H17N3O2. The van der Waals surface area contributed by atoms with E-state index in [1.54, 1.807) is 26.3 Å². The van der Waals surface area contributed by atoms with Crippen LogP contribution in [0.5, 0.6) is 5.88 Å². The molecule has 3 N–H and O–H groups in total. The first-order valence-corrected chi connectivity index (χ1v) is 5.13. The second kappa shape index (κ2) is 6.07. The van der Waals surface area contributed by atoms with Gasteiger partial charge in [-0.05, 0) is 13.0 Å². The van der Waals surface area contributed by atoms with Crippen molar-refractivity contribution in [3.05, 3.63) is 23.9 Å². The van der Waals surface area contributed by atoms with Crippen molar-refractivity contribution in [2.45, 2.75) is 25.9 Å². The van der Waals surface area contributed by atoms with Gasteiger partial charge in [-0.15, -0.1) is 0 Å². The number of carbonyl (C=O) groups is 1. The molecule has 1 rings (SSSR count). The van der Waals surface area contributed by atoms with Crippen LogP contribution in [0.4, 0.5) is 0 Å². The number of carbonyl (C=O) groups excluding carboxylic acids is 1. The Morgan fingerprint density at radius 1 is 1.69 bits per heavy atom. The third-order valence-electron chi connectivity index (χ3n) is 2.03. The Balaban J connectivity index is 2.51. The Morgan fingerprint density at radius 3 is 3.06 bits per heavy atom. The van der Waals surface area contributed by atoms with E-state index in [1.807, 2.05) is 6.07 Å². The number of amides is 1. The topological polar surface area (TPSA) is 77.2 Å². The van der Waals surface area contributed by atoms with Gasteiger partial charge >= 0.3 is 0 Å². The number of methoxy groups -OCH3 is 1. The third kappa shape index (κ3) is 3.86. The highest BCUT2D eigenvalue weighted by Gasteiger charge is 2.07. The summed E-state index contributed by atoms with van der Waals surface area (Å²) in [6.07, 6.45) is 1.97. The number of nitrogens with two attached hydrogens (primary N) is 1. The van der Waals surface area contributed by atoms with Gasteiger partial charge in [0.1, 0.15) is 0 Å². The highest BCUT2D eigenvalue weighted by Crippen LogP contribution is 2.12. The molecule has 0 saturated heterocycles. The highest BCUT2D eigenvalue weighted by molar-refractivity contribution is 5.76. The minimum absolute atomic E-state index is 0.0686. The average Bonchev–Trinajstić information content (AvgIpc) is 2.26. The van der Waals surface area contributed by atoms with Crippen LogP contribution >= 0.6 is 0 Å². The van der Waals surface area contributed by atoms with E-state index >= 15 is 0 Å². The molecule has 0 saturated carbocycles. The summed E-state index contributed by atoms with van der Waals surface area (Å²) in [7, 11) is 1.55. The molecule has 1 unspecified atom stereocenters. The second-order valence-electron chi connectivity index (χ2n) is 3.63. The molecule has 1 aromatic heterocycles. The molecular weight excluding hydrogens is 206 g/mol. The molecule has 1 aromatic rings. The van der Waals surface area contributed by atoms with Crippen molar-refractivity contribution in [3.63, 3.8) is 0 Å². The zero-order valence-corrected chi connectivity index (χ0v) is 9.56. The lowest BCUT2D eigenvalue weighted by Gasteiger charge is -2.09. The number of hydrogen-bond donors (Lipinski definition) is 2. The Bertz CT molecular complexity index is 353. The van der Waals surface area contributed by atoms with Crippen molar-refractivity contribution in [2.75, 3.05) is 7.11 Å². The number of ether oxygens (including phenoxy) is 1. The lowest BCUT2D eigenvalue weighted by molar-refractivity contribution is -0.121. The van der Waals surface area contributed by atoms with Crippen molar-refractivity contribution in [1.82, 2.24) is 10.3 Å². The summed E-state index contributed by atoms with van der Waals surface area (Å²) in [4.78, 5) is 15.4. The monoisotopic (exact) mass is 223 g/mol. The van der Waals surface area contributed by atoms with Gasteiger partial charge in [-0.1, -0.05) is 6.07 Å². The molecule has 0 aliphatic carbocycles. The predicted molar refractivity (Wildman–Crippen MR) is 60.9 cm³/mol. The number of nitrogens with zero attached hydrogens (tertiary/aromatic N) is 1. The van der Waals surface area contributed by atoms with Crippen LogP contribution in [0.15, 0.2) is 18.3 Å². The summed E-state index contributed by atoms with van der Waals surface area (Å²) in [5.41, 5.74) is 6.37. The maximum absolute atomic E-state index is 11.4. The summed E-state index contributed by atoms with van der Waals surface area (Å²) in [6.45, 7) is 2.20. The molecule has 1 amide bonds. The Labute approximate surface area is 95.0 Å². The summed E-state index contributed by atoms with van der Waals surface area (Å²) in [6, 6.07) is 3.53. The van der Waals surface area contributed by atoms with E-state index in [-0.39, 0.29) is 11.9 Å². The first kappa shape index (κ1) is 12.4. The van der Waals surface area contributed by atoms with Crippen LogP contribution in [0.25, 0.3) is 0 Å². The average molecular weight is 223 g/mol. The zero-order chi connectivity index (χ0) is 12.0. The third-order valence-corrected chi connectivity index (χ3v) is 2.03. The fourth-order valence-corrected chi connectivity index (χ4v) is 1.30. The summed E-state index contributed by atoms with van der Waals surface area (Å²) < 4.78 is 5.07. The van der Waals surface area contributed by atoms with Gasteiger partial charge in [0.2, 0.25) is 11.8 Å². The van der Waals surface area contributed by atoms with Gasteiger partial charge in [0, 0.05) is 30.8 Å². The SMILES string of the molecule is COc1ncccc1CNC(=O)CC(C)N. The molecule has 16 heavy (non-hydrogen) atoms. The molecule has 88 valence electrons. The van der Waals surface area contributed by atoms with Gasteiger partial charge in [0.15, 0.2) is 0 Å². The van der Waals surface area contributed by atoms with Gasteiger partial charge in [0.05, 0.1) is 7.11 Å². The van der Waals surface area contributed by atoms with Gasteiger partial charge in [-0.2, -0.15) is 0 Å². The first-order valence-electron chi connectivity index (χ1n) is 5.13. The molecule has 0 fully saturated rings. The first-order chi connectivity index (χ1) is 7.63. The number of aromatic nitrogens is 1. The second-order valence-corrected chi connectivity index (χ2v) is 3.63. The van der Waals surface area contributed by atoms with Crippen LogP contribution in [0, 0.1) is 0 Å². The van der Waals surface area contributed by atoms with Gasteiger partial charge in [-0.25, -0.2) is 4.98 Å². The molecule has 5 nitrogen and oxygen atoms in total. The summed E-state index contributed by atoms with van der Waals surface area (Å²) in [5.74, 6) is 0.463. The maximum atomic E-state index is 11.4. The number of pyridine rings is 1. The largest absolute Gasteiger partial charge is 0.481 e. The van der Waals surface area contributed by atoms with Crippen LogP contribution in [0.1, 0.15) is 18.9 Å². The van der Waals surface area contributed by atoms with E-state index in [0.717, 1.165) is 5.56 Å².